The minimum absolute atomic E-state index is 0.00942. The molecule has 1 N–H and O–H groups in total. The van der Waals surface area contributed by atoms with Gasteiger partial charge in [-0.2, -0.15) is 0 Å². The molecule has 0 aliphatic heterocycles. The van der Waals surface area contributed by atoms with Gasteiger partial charge < -0.3 is 10.1 Å². The number of rotatable bonds is 7. The van der Waals surface area contributed by atoms with Gasteiger partial charge in [-0.25, -0.2) is 0 Å². The predicted octanol–water partition coefficient (Wildman–Crippen LogP) is 4.33. The first kappa shape index (κ1) is 16.6. The van der Waals surface area contributed by atoms with Crippen LogP contribution >= 0.6 is 0 Å². The van der Waals surface area contributed by atoms with Crippen LogP contribution in [-0.4, -0.2) is 18.6 Å². The zero-order chi connectivity index (χ0) is 15.6. The maximum atomic E-state index is 11.9. The first-order chi connectivity index (χ1) is 10.8. The molecule has 0 heterocycles. The highest BCUT2D eigenvalue weighted by atomic mass is 16.5. The Morgan fingerprint density at radius 3 is 2.64 bits per heavy atom. The Kier molecular flexibility index (Phi) is 7.01. The van der Waals surface area contributed by atoms with Crippen molar-refractivity contribution in [2.45, 2.75) is 57.9 Å². The van der Waals surface area contributed by atoms with Crippen molar-refractivity contribution in [3.05, 3.63) is 35.9 Å². The van der Waals surface area contributed by atoms with E-state index in [-0.39, 0.29) is 5.91 Å². The van der Waals surface area contributed by atoms with E-state index in [1.54, 1.807) is 6.08 Å². The van der Waals surface area contributed by atoms with Crippen molar-refractivity contribution in [1.82, 2.24) is 5.32 Å². The summed E-state index contributed by atoms with van der Waals surface area (Å²) in [5.74, 6) is 0.896. The van der Waals surface area contributed by atoms with Crippen molar-refractivity contribution in [3.8, 4) is 5.75 Å². The molecule has 0 atom stereocenters. The molecule has 0 spiro atoms. The normalized spacial score (nSPS) is 15.9. The second kappa shape index (κ2) is 9.29. The van der Waals surface area contributed by atoms with E-state index in [2.05, 4.69) is 12.2 Å². The molecule has 0 saturated heterocycles. The minimum atomic E-state index is 0.00942. The summed E-state index contributed by atoms with van der Waals surface area (Å²) in [6.45, 7) is 2.91. The molecule has 2 rings (SSSR count). The van der Waals surface area contributed by atoms with Gasteiger partial charge in [-0.05, 0) is 43.0 Å². The first-order valence-corrected chi connectivity index (χ1v) is 8.49. The lowest BCUT2D eigenvalue weighted by atomic mass is 9.95. The van der Waals surface area contributed by atoms with Crippen LogP contribution < -0.4 is 10.1 Å². The Morgan fingerprint density at radius 2 is 1.95 bits per heavy atom. The Morgan fingerprint density at radius 1 is 1.23 bits per heavy atom. The van der Waals surface area contributed by atoms with Gasteiger partial charge in [0.25, 0.3) is 0 Å². The van der Waals surface area contributed by atoms with Crippen molar-refractivity contribution in [2.24, 2.45) is 0 Å². The third kappa shape index (κ3) is 5.92. The molecular weight excluding hydrogens is 274 g/mol. The number of nitrogens with one attached hydrogen (secondary N) is 1. The molecule has 1 amide bonds. The fourth-order valence-electron chi connectivity index (χ4n) is 2.68. The van der Waals surface area contributed by atoms with Gasteiger partial charge in [0, 0.05) is 12.1 Å². The number of amides is 1. The van der Waals surface area contributed by atoms with Gasteiger partial charge in [-0.1, -0.05) is 44.7 Å². The Hall–Kier alpha value is -1.77. The van der Waals surface area contributed by atoms with E-state index in [1.807, 2.05) is 30.3 Å². The summed E-state index contributed by atoms with van der Waals surface area (Å²) in [5.41, 5.74) is 1.02. The van der Waals surface area contributed by atoms with Crippen LogP contribution in [0.3, 0.4) is 0 Å². The Labute approximate surface area is 133 Å². The molecule has 1 aromatic carbocycles. The van der Waals surface area contributed by atoms with Gasteiger partial charge >= 0.3 is 0 Å². The SMILES string of the molecule is CCCCOc1ccc(/C=C/C(=O)NC2CCCCC2)cc1. The molecule has 1 aliphatic rings. The summed E-state index contributed by atoms with van der Waals surface area (Å²) in [5, 5.41) is 3.08. The van der Waals surface area contributed by atoms with Crippen molar-refractivity contribution in [3.63, 3.8) is 0 Å². The van der Waals surface area contributed by atoms with E-state index in [1.165, 1.54) is 19.3 Å². The molecular formula is C19H27NO2. The van der Waals surface area contributed by atoms with Crippen molar-refractivity contribution >= 4 is 12.0 Å². The maximum absolute atomic E-state index is 11.9. The van der Waals surface area contributed by atoms with Gasteiger partial charge in [0.05, 0.1) is 6.61 Å². The molecule has 1 saturated carbocycles. The topological polar surface area (TPSA) is 38.3 Å². The van der Waals surface area contributed by atoms with Gasteiger partial charge in [-0.15, -0.1) is 0 Å². The number of carbonyl (C=O) groups excluding carboxylic acids is 1. The molecule has 3 nitrogen and oxygen atoms in total. The average molecular weight is 301 g/mol. The monoisotopic (exact) mass is 301 g/mol. The second-order valence-corrected chi connectivity index (χ2v) is 5.95. The minimum Gasteiger partial charge on any atom is -0.494 e. The molecule has 120 valence electrons. The van der Waals surface area contributed by atoms with E-state index in [0.717, 1.165) is 43.6 Å². The second-order valence-electron chi connectivity index (χ2n) is 5.95. The zero-order valence-corrected chi connectivity index (χ0v) is 13.5. The van der Waals surface area contributed by atoms with E-state index >= 15 is 0 Å². The lowest BCUT2D eigenvalue weighted by Gasteiger charge is -2.21. The molecule has 3 heteroatoms. The van der Waals surface area contributed by atoms with Crippen molar-refractivity contribution < 1.29 is 9.53 Å². The zero-order valence-electron chi connectivity index (χ0n) is 13.5. The summed E-state index contributed by atoms with van der Waals surface area (Å²) in [4.78, 5) is 11.9. The van der Waals surface area contributed by atoms with Crippen molar-refractivity contribution in [1.29, 1.82) is 0 Å². The van der Waals surface area contributed by atoms with Crippen LogP contribution in [0.1, 0.15) is 57.4 Å². The third-order valence-corrected chi connectivity index (χ3v) is 4.03. The number of hydrogen-bond donors (Lipinski definition) is 1. The lowest BCUT2D eigenvalue weighted by Crippen LogP contribution is -2.34. The van der Waals surface area contributed by atoms with Gasteiger partial charge in [0.2, 0.25) is 5.91 Å². The highest BCUT2D eigenvalue weighted by molar-refractivity contribution is 5.91. The summed E-state index contributed by atoms with van der Waals surface area (Å²) in [6.07, 6.45) is 11.7. The highest BCUT2D eigenvalue weighted by Gasteiger charge is 2.13. The summed E-state index contributed by atoms with van der Waals surface area (Å²) in [6, 6.07) is 8.22. The van der Waals surface area contributed by atoms with Gasteiger partial charge in [-0.3, -0.25) is 4.79 Å². The fourth-order valence-corrected chi connectivity index (χ4v) is 2.68. The number of hydrogen-bond acceptors (Lipinski definition) is 2. The summed E-state index contributed by atoms with van der Waals surface area (Å²) >= 11 is 0. The number of carbonyl (C=O) groups is 1. The van der Waals surface area contributed by atoms with Crippen LogP contribution in [0, 0.1) is 0 Å². The van der Waals surface area contributed by atoms with Crippen LogP contribution in [0.2, 0.25) is 0 Å². The summed E-state index contributed by atoms with van der Waals surface area (Å²) in [7, 11) is 0. The van der Waals surface area contributed by atoms with Crippen molar-refractivity contribution in [2.75, 3.05) is 6.61 Å². The molecule has 1 aromatic rings. The number of unbranched alkanes of at least 4 members (excludes halogenated alkanes) is 1. The average Bonchev–Trinajstić information content (AvgIpc) is 2.55. The van der Waals surface area contributed by atoms with E-state index < -0.39 is 0 Å². The van der Waals surface area contributed by atoms with Gasteiger partial charge in [0.15, 0.2) is 0 Å². The molecule has 0 radical (unpaired) electrons. The van der Waals surface area contributed by atoms with E-state index in [9.17, 15) is 4.79 Å². The fraction of sp³-hybridized carbons (Fsp3) is 0.526. The molecule has 22 heavy (non-hydrogen) atoms. The molecule has 1 aliphatic carbocycles. The van der Waals surface area contributed by atoms with Crippen LogP contribution in [0.25, 0.3) is 6.08 Å². The van der Waals surface area contributed by atoms with Crippen LogP contribution in [0.15, 0.2) is 30.3 Å². The van der Waals surface area contributed by atoms with Crippen LogP contribution in [-0.2, 0) is 4.79 Å². The Balaban J connectivity index is 1.77. The summed E-state index contributed by atoms with van der Waals surface area (Å²) < 4.78 is 5.62. The molecule has 0 bridgehead atoms. The quantitative estimate of drug-likeness (QED) is 0.601. The van der Waals surface area contributed by atoms with E-state index in [0.29, 0.717) is 6.04 Å². The smallest absolute Gasteiger partial charge is 0.244 e. The molecule has 1 fully saturated rings. The predicted molar refractivity (Wildman–Crippen MR) is 90.9 cm³/mol. The standard InChI is InChI=1S/C19H27NO2/c1-2-3-15-22-18-12-9-16(10-13-18)11-14-19(21)20-17-7-5-4-6-8-17/h9-14,17H,2-8,15H2,1H3,(H,20,21)/b14-11+. The number of benzene rings is 1. The van der Waals surface area contributed by atoms with Gasteiger partial charge in [0.1, 0.15) is 5.75 Å². The molecule has 0 unspecified atom stereocenters. The third-order valence-electron chi connectivity index (χ3n) is 4.03. The molecule has 0 aromatic heterocycles. The number of ether oxygens (including phenoxy) is 1. The highest BCUT2D eigenvalue weighted by Crippen LogP contribution is 2.17. The first-order valence-electron chi connectivity index (χ1n) is 8.49. The largest absolute Gasteiger partial charge is 0.494 e. The van der Waals surface area contributed by atoms with Crippen LogP contribution in [0.4, 0.5) is 0 Å². The Bertz CT molecular complexity index is 473. The van der Waals surface area contributed by atoms with Crippen LogP contribution in [0.5, 0.6) is 5.75 Å². The van der Waals surface area contributed by atoms with E-state index in [4.69, 9.17) is 4.74 Å². The maximum Gasteiger partial charge on any atom is 0.244 e. The lowest BCUT2D eigenvalue weighted by molar-refractivity contribution is -0.117.